The highest BCUT2D eigenvalue weighted by Crippen LogP contribution is 1.99. The van der Waals surface area contributed by atoms with E-state index in [1.807, 2.05) is 0 Å². The van der Waals surface area contributed by atoms with E-state index in [0.717, 1.165) is 5.57 Å². The minimum absolute atomic E-state index is 0.484. The second-order valence-corrected chi connectivity index (χ2v) is 1.88. The zero-order valence-corrected chi connectivity index (χ0v) is 5.50. The van der Waals surface area contributed by atoms with Gasteiger partial charge in [0.15, 0.2) is 0 Å². The van der Waals surface area contributed by atoms with Crippen molar-refractivity contribution in [2.45, 2.75) is 20.8 Å². The van der Waals surface area contributed by atoms with Crippen molar-refractivity contribution in [3.63, 3.8) is 0 Å². The largest absolute Gasteiger partial charge is 0.596 e. The van der Waals surface area contributed by atoms with Gasteiger partial charge < -0.3 is 10.5 Å². The fraction of sp³-hybridized carbons (Fsp3) is 0.500. The number of hydrogen-bond acceptors (Lipinski definition) is 1. The average molecular weight is 114 g/mol. The Hall–Kier alpha value is -0.790. The second-order valence-electron chi connectivity index (χ2n) is 1.88. The van der Waals surface area contributed by atoms with Crippen LogP contribution in [0.15, 0.2) is 11.3 Å². The highest BCUT2D eigenvalue weighted by atomic mass is 16.3. The fourth-order valence-corrected chi connectivity index (χ4v) is 0.281. The maximum atomic E-state index is 7.05. The van der Waals surface area contributed by atoms with E-state index in [4.69, 9.17) is 10.5 Å². The van der Waals surface area contributed by atoms with Crippen molar-refractivity contribution in [3.05, 3.63) is 11.3 Å². The van der Waals surface area contributed by atoms with Crippen LogP contribution in [0.3, 0.4) is 0 Å². The maximum Gasteiger partial charge on any atom is 0.230 e. The Labute approximate surface area is 49.4 Å². The first-order chi connectivity index (χ1) is 3.55. The standard InChI is InChI=1S/C6H11NO/c1-4(5(2)7)6(3)8/h7-8H,1-3H3/p+1/b6-4-,7-5?. The van der Waals surface area contributed by atoms with Gasteiger partial charge >= 0.3 is 0 Å². The number of rotatable bonds is 1. The summed E-state index contributed by atoms with van der Waals surface area (Å²) in [7, 11) is 0. The van der Waals surface area contributed by atoms with E-state index in [9.17, 15) is 0 Å². The lowest BCUT2D eigenvalue weighted by atomic mass is 10.2. The SMILES string of the molecule is CC(=N)/C(C)=C(/C)[OH2+]. The molecule has 2 nitrogen and oxygen atoms in total. The number of allylic oxidation sites excluding steroid dienone is 2. The lowest BCUT2D eigenvalue weighted by molar-refractivity contribution is 0.410. The third-order valence-corrected chi connectivity index (χ3v) is 1.12. The smallest absolute Gasteiger partial charge is 0.230 e. The summed E-state index contributed by atoms with van der Waals surface area (Å²) in [5.74, 6) is 0.484. The molecule has 46 valence electrons. The molecule has 0 atom stereocenters. The van der Waals surface area contributed by atoms with Gasteiger partial charge in [-0.15, -0.1) is 0 Å². The normalized spacial score (nSPS) is 12.9. The summed E-state index contributed by atoms with van der Waals surface area (Å²) in [6, 6.07) is 0. The van der Waals surface area contributed by atoms with Gasteiger partial charge in [-0.2, -0.15) is 0 Å². The molecule has 0 saturated carbocycles. The number of nitrogens with one attached hydrogen (secondary N) is 1. The molecule has 0 saturated heterocycles. The Kier molecular flexibility index (Phi) is 2.25. The van der Waals surface area contributed by atoms with Crippen molar-refractivity contribution in [3.8, 4) is 0 Å². The van der Waals surface area contributed by atoms with E-state index in [-0.39, 0.29) is 0 Å². The van der Waals surface area contributed by atoms with Gasteiger partial charge in [0.25, 0.3) is 0 Å². The molecule has 0 spiro atoms. The minimum atomic E-state index is 0.484. The number of hydrogen-bond donors (Lipinski definition) is 1. The molecule has 3 N–H and O–H groups in total. The molecule has 8 heavy (non-hydrogen) atoms. The molecule has 2 heteroatoms. The molecule has 0 aliphatic heterocycles. The van der Waals surface area contributed by atoms with Crippen molar-refractivity contribution in [1.29, 1.82) is 5.41 Å². The quantitative estimate of drug-likeness (QED) is 0.301. The van der Waals surface area contributed by atoms with Gasteiger partial charge in [0, 0.05) is 12.6 Å². The van der Waals surface area contributed by atoms with Crippen LogP contribution in [0.5, 0.6) is 0 Å². The van der Waals surface area contributed by atoms with Gasteiger partial charge in [-0.3, -0.25) is 0 Å². The molecule has 0 aliphatic carbocycles. The van der Waals surface area contributed by atoms with Crippen LogP contribution in [-0.2, 0) is 0 Å². The van der Waals surface area contributed by atoms with E-state index in [0.29, 0.717) is 11.5 Å². The molecular weight excluding hydrogens is 102 g/mol. The van der Waals surface area contributed by atoms with Crippen LogP contribution in [0.4, 0.5) is 0 Å². The molecule has 0 aromatic rings. The third-order valence-electron chi connectivity index (χ3n) is 1.12. The van der Waals surface area contributed by atoms with Crippen molar-refractivity contribution >= 4 is 5.71 Å². The molecule has 0 aromatic carbocycles. The lowest BCUT2D eigenvalue weighted by Gasteiger charge is -1.92. The Bertz CT molecular complexity index is 131. The van der Waals surface area contributed by atoms with Crippen LogP contribution in [0.1, 0.15) is 20.8 Å². The molecule has 0 fully saturated rings. The average Bonchev–Trinajstić information content (AvgIpc) is 1.64. The topological polar surface area (TPSA) is 46.8 Å². The first kappa shape index (κ1) is 7.21. The second kappa shape index (κ2) is 2.50. The third kappa shape index (κ3) is 1.78. The zero-order valence-electron chi connectivity index (χ0n) is 5.50. The van der Waals surface area contributed by atoms with E-state index < -0.39 is 0 Å². The summed E-state index contributed by atoms with van der Waals surface area (Å²) in [6.07, 6.45) is 0. The van der Waals surface area contributed by atoms with Gasteiger partial charge in [-0.25, -0.2) is 0 Å². The molecule has 0 amide bonds. The summed E-state index contributed by atoms with van der Waals surface area (Å²) < 4.78 is 0. The van der Waals surface area contributed by atoms with Crippen LogP contribution in [0.2, 0.25) is 0 Å². The Morgan fingerprint density at radius 2 is 1.62 bits per heavy atom. The van der Waals surface area contributed by atoms with Crippen LogP contribution < -0.4 is 0 Å². The molecule has 0 aromatic heterocycles. The molecule has 0 rings (SSSR count). The fourth-order valence-electron chi connectivity index (χ4n) is 0.281. The van der Waals surface area contributed by atoms with E-state index >= 15 is 0 Å². The van der Waals surface area contributed by atoms with Crippen molar-refractivity contribution in [1.82, 2.24) is 0 Å². The van der Waals surface area contributed by atoms with E-state index in [1.165, 1.54) is 0 Å². The van der Waals surface area contributed by atoms with Gasteiger partial charge in [-0.1, -0.05) is 0 Å². The summed E-state index contributed by atoms with van der Waals surface area (Å²) in [5.41, 5.74) is 1.25. The minimum Gasteiger partial charge on any atom is -0.596 e. The molecule has 0 unspecified atom stereocenters. The van der Waals surface area contributed by atoms with Gasteiger partial charge in [0.05, 0.1) is 5.57 Å². The summed E-state index contributed by atoms with van der Waals surface area (Å²) >= 11 is 0. The van der Waals surface area contributed by atoms with Gasteiger partial charge in [0.1, 0.15) is 0 Å². The van der Waals surface area contributed by atoms with Crippen LogP contribution in [0.25, 0.3) is 0 Å². The Morgan fingerprint density at radius 3 is 1.62 bits per heavy atom. The first-order valence-corrected chi connectivity index (χ1v) is 2.50. The monoisotopic (exact) mass is 114 g/mol. The van der Waals surface area contributed by atoms with E-state index in [1.54, 1.807) is 20.8 Å². The van der Waals surface area contributed by atoms with Crippen LogP contribution in [-0.4, -0.2) is 10.8 Å². The first-order valence-electron chi connectivity index (χ1n) is 2.50. The Morgan fingerprint density at radius 1 is 1.25 bits per heavy atom. The zero-order chi connectivity index (χ0) is 6.73. The van der Waals surface area contributed by atoms with Crippen molar-refractivity contribution in [2.75, 3.05) is 0 Å². The van der Waals surface area contributed by atoms with Crippen molar-refractivity contribution in [2.24, 2.45) is 0 Å². The molecular formula is C6H12NO+. The lowest BCUT2D eigenvalue weighted by Crippen LogP contribution is -1.92. The summed E-state index contributed by atoms with van der Waals surface area (Å²) in [4.78, 5) is 0. The molecule has 0 heterocycles. The highest BCUT2D eigenvalue weighted by molar-refractivity contribution is 5.95. The predicted molar refractivity (Wildman–Crippen MR) is 35.4 cm³/mol. The van der Waals surface area contributed by atoms with Gasteiger partial charge in [0.2, 0.25) is 5.76 Å². The molecule has 0 radical (unpaired) electrons. The van der Waals surface area contributed by atoms with Crippen molar-refractivity contribution < 1.29 is 5.11 Å². The molecule has 0 aliphatic rings. The predicted octanol–water partition coefficient (Wildman–Crippen LogP) is 1.04. The Balaban J connectivity index is 4.23. The molecule has 0 bridgehead atoms. The van der Waals surface area contributed by atoms with E-state index in [2.05, 4.69) is 0 Å². The van der Waals surface area contributed by atoms with Crippen LogP contribution >= 0.6 is 0 Å². The summed E-state index contributed by atoms with van der Waals surface area (Å²) in [6.45, 7) is 5.16. The maximum absolute atomic E-state index is 7.05. The van der Waals surface area contributed by atoms with Crippen LogP contribution in [0, 0.1) is 5.41 Å². The summed E-state index contributed by atoms with van der Waals surface area (Å²) in [5, 5.41) is 14.1. The highest BCUT2D eigenvalue weighted by Gasteiger charge is 1.98. The van der Waals surface area contributed by atoms with Gasteiger partial charge in [-0.05, 0) is 13.8 Å².